The molecule has 0 bridgehead atoms. The molecule has 0 fully saturated rings. The van der Waals surface area contributed by atoms with E-state index in [4.69, 9.17) is 9.47 Å². The summed E-state index contributed by atoms with van der Waals surface area (Å²) in [6, 6.07) is 11.0. The van der Waals surface area contributed by atoms with Crippen molar-refractivity contribution in [3.05, 3.63) is 57.3 Å². The molecule has 0 aliphatic carbocycles. The van der Waals surface area contributed by atoms with Crippen LogP contribution in [-0.2, 0) is 11.2 Å². The van der Waals surface area contributed by atoms with Gasteiger partial charge in [0.15, 0.2) is 11.5 Å². The zero-order chi connectivity index (χ0) is 19.4. The lowest BCUT2D eigenvalue weighted by molar-refractivity contribution is -0.121. The number of hydrogen-bond acceptors (Lipinski definition) is 4. The van der Waals surface area contributed by atoms with Crippen LogP contribution in [0.25, 0.3) is 10.9 Å². The topological polar surface area (TPSA) is 92.5 Å². The third kappa shape index (κ3) is 4.16. The molecule has 7 nitrogen and oxygen atoms in total. The predicted molar refractivity (Wildman–Crippen MR) is 110 cm³/mol. The van der Waals surface area contributed by atoms with Crippen LogP contribution < -0.4 is 20.3 Å². The molecule has 3 N–H and O–H groups in total. The lowest BCUT2D eigenvalue weighted by Gasteiger charge is -2.12. The predicted octanol–water partition coefficient (Wildman–Crippen LogP) is 2.79. The molecule has 2 aromatic carbocycles. The Morgan fingerprint density at radius 2 is 1.78 bits per heavy atom. The highest BCUT2D eigenvalue weighted by atomic mass is 127. The van der Waals surface area contributed by atoms with E-state index in [-0.39, 0.29) is 12.3 Å². The van der Waals surface area contributed by atoms with E-state index in [0.29, 0.717) is 20.6 Å². The Kier molecular flexibility index (Phi) is 5.84. The molecule has 0 atom stereocenters. The molecular formula is C19H18IN3O4. The number of para-hydroxylation sites is 1. The molecule has 0 radical (unpaired) electrons. The van der Waals surface area contributed by atoms with Crippen LogP contribution in [0.5, 0.6) is 11.5 Å². The number of halogens is 1. The molecule has 0 unspecified atom stereocenters. The summed E-state index contributed by atoms with van der Waals surface area (Å²) < 4.78 is 11.1. The molecule has 2 amide bonds. The van der Waals surface area contributed by atoms with Crippen LogP contribution in [0, 0.1) is 3.57 Å². The Hall–Kier alpha value is -2.75. The van der Waals surface area contributed by atoms with Crippen LogP contribution in [0.3, 0.4) is 0 Å². The van der Waals surface area contributed by atoms with E-state index in [9.17, 15) is 9.59 Å². The minimum Gasteiger partial charge on any atom is -0.493 e. The Morgan fingerprint density at radius 3 is 2.52 bits per heavy atom. The van der Waals surface area contributed by atoms with Gasteiger partial charge in [-0.15, -0.1) is 0 Å². The lowest BCUT2D eigenvalue weighted by atomic mass is 10.1. The first-order valence-electron chi connectivity index (χ1n) is 8.09. The number of hydrazine groups is 1. The fraction of sp³-hybridized carbons (Fsp3) is 0.158. The molecule has 3 rings (SSSR count). The Labute approximate surface area is 169 Å². The molecule has 27 heavy (non-hydrogen) atoms. The quantitative estimate of drug-likeness (QED) is 0.388. The second kappa shape index (κ2) is 8.30. The maximum atomic E-state index is 12.4. The third-order valence-corrected chi connectivity index (χ3v) is 4.95. The second-order valence-electron chi connectivity index (χ2n) is 5.73. The van der Waals surface area contributed by atoms with Crippen molar-refractivity contribution in [2.24, 2.45) is 0 Å². The SMILES string of the molecule is COc1cc(I)c(C(=O)NNC(=O)Cc2c[nH]c3ccccc23)cc1OC. The first-order valence-corrected chi connectivity index (χ1v) is 9.17. The van der Waals surface area contributed by atoms with Crippen LogP contribution in [0.15, 0.2) is 42.6 Å². The van der Waals surface area contributed by atoms with Crippen LogP contribution in [0.4, 0.5) is 0 Å². The minimum atomic E-state index is -0.437. The summed E-state index contributed by atoms with van der Waals surface area (Å²) >= 11 is 2.03. The molecular weight excluding hydrogens is 461 g/mol. The van der Waals surface area contributed by atoms with Crippen LogP contribution in [0.2, 0.25) is 0 Å². The van der Waals surface area contributed by atoms with Gasteiger partial charge < -0.3 is 14.5 Å². The van der Waals surface area contributed by atoms with Crippen molar-refractivity contribution in [3.8, 4) is 11.5 Å². The van der Waals surface area contributed by atoms with Gasteiger partial charge in [0.05, 0.1) is 26.2 Å². The summed E-state index contributed by atoms with van der Waals surface area (Å²) in [5, 5.41) is 0.980. The summed E-state index contributed by atoms with van der Waals surface area (Å²) in [5.74, 6) is 0.214. The van der Waals surface area contributed by atoms with Crippen molar-refractivity contribution < 1.29 is 19.1 Å². The van der Waals surface area contributed by atoms with E-state index in [1.54, 1.807) is 18.3 Å². The summed E-state index contributed by atoms with van der Waals surface area (Å²) in [4.78, 5) is 27.8. The van der Waals surface area contributed by atoms with Gasteiger partial charge in [-0.1, -0.05) is 18.2 Å². The number of methoxy groups -OCH3 is 2. The van der Waals surface area contributed by atoms with Crippen LogP contribution >= 0.6 is 22.6 Å². The number of carbonyl (C=O) groups excluding carboxylic acids is 2. The van der Waals surface area contributed by atoms with Gasteiger partial charge in [-0.25, -0.2) is 0 Å². The Balaban J connectivity index is 1.66. The number of ether oxygens (including phenoxy) is 2. The lowest BCUT2D eigenvalue weighted by Crippen LogP contribution is -2.42. The Bertz CT molecular complexity index is 1000. The van der Waals surface area contributed by atoms with Crippen molar-refractivity contribution in [2.75, 3.05) is 14.2 Å². The van der Waals surface area contributed by atoms with Crippen molar-refractivity contribution >= 4 is 45.3 Å². The monoisotopic (exact) mass is 479 g/mol. The number of aromatic amines is 1. The van der Waals surface area contributed by atoms with Gasteiger partial charge in [0.2, 0.25) is 5.91 Å². The van der Waals surface area contributed by atoms with E-state index >= 15 is 0 Å². The largest absolute Gasteiger partial charge is 0.493 e. The number of carbonyl (C=O) groups is 2. The van der Waals surface area contributed by atoms with Gasteiger partial charge in [-0.3, -0.25) is 20.4 Å². The molecule has 1 aromatic heterocycles. The number of benzene rings is 2. The zero-order valence-electron chi connectivity index (χ0n) is 14.8. The molecule has 1 heterocycles. The number of rotatable bonds is 5. The van der Waals surface area contributed by atoms with Gasteiger partial charge >= 0.3 is 0 Å². The first-order chi connectivity index (χ1) is 13.0. The molecule has 140 valence electrons. The van der Waals surface area contributed by atoms with Crippen LogP contribution in [0.1, 0.15) is 15.9 Å². The average Bonchev–Trinajstić information content (AvgIpc) is 3.08. The second-order valence-corrected chi connectivity index (χ2v) is 6.89. The maximum absolute atomic E-state index is 12.4. The summed E-state index contributed by atoms with van der Waals surface area (Å²) in [6.45, 7) is 0. The number of fused-ring (bicyclic) bond motifs is 1. The van der Waals surface area contributed by atoms with E-state index in [2.05, 4.69) is 15.8 Å². The molecule has 0 aliphatic rings. The molecule has 3 aromatic rings. The van der Waals surface area contributed by atoms with Crippen molar-refractivity contribution in [1.82, 2.24) is 15.8 Å². The molecule has 0 aliphatic heterocycles. The standard InChI is InChI=1S/C19H18IN3O4/c1-26-16-8-13(14(20)9-17(16)27-2)19(25)23-22-18(24)7-11-10-21-15-6-4-3-5-12(11)15/h3-6,8-10,21H,7H2,1-2H3,(H,22,24)(H,23,25). The van der Waals surface area contributed by atoms with Gasteiger partial charge in [-0.2, -0.15) is 0 Å². The van der Waals surface area contributed by atoms with Crippen molar-refractivity contribution in [2.45, 2.75) is 6.42 Å². The fourth-order valence-corrected chi connectivity index (χ4v) is 3.40. The molecule has 0 saturated carbocycles. The summed E-state index contributed by atoms with van der Waals surface area (Å²) in [7, 11) is 3.02. The minimum absolute atomic E-state index is 0.146. The smallest absolute Gasteiger partial charge is 0.270 e. The number of nitrogens with one attached hydrogen (secondary N) is 3. The number of amides is 2. The average molecular weight is 479 g/mol. The van der Waals surface area contributed by atoms with Gasteiger partial charge in [0.1, 0.15) is 0 Å². The van der Waals surface area contributed by atoms with Crippen molar-refractivity contribution in [1.29, 1.82) is 0 Å². The first kappa shape index (κ1) is 19.0. The summed E-state index contributed by atoms with van der Waals surface area (Å²) in [5.41, 5.74) is 7.09. The highest BCUT2D eigenvalue weighted by Crippen LogP contribution is 2.31. The summed E-state index contributed by atoms with van der Waals surface area (Å²) in [6.07, 6.45) is 1.94. The number of aromatic nitrogens is 1. The van der Waals surface area contributed by atoms with E-state index < -0.39 is 5.91 Å². The van der Waals surface area contributed by atoms with E-state index in [1.807, 2.05) is 46.9 Å². The van der Waals surface area contributed by atoms with Gasteiger partial charge in [-0.05, 0) is 46.4 Å². The van der Waals surface area contributed by atoms with Crippen LogP contribution in [-0.4, -0.2) is 31.0 Å². The normalized spacial score (nSPS) is 10.5. The van der Waals surface area contributed by atoms with E-state index in [1.165, 1.54) is 14.2 Å². The molecule has 0 spiro atoms. The van der Waals surface area contributed by atoms with Gasteiger partial charge in [0.25, 0.3) is 5.91 Å². The Morgan fingerprint density at radius 1 is 1.07 bits per heavy atom. The maximum Gasteiger partial charge on any atom is 0.270 e. The number of H-pyrrole nitrogens is 1. The highest BCUT2D eigenvalue weighted by Gasteiger charge is 2.16. The molecule has 0 saturated heterocycles. The number of hydrogen-bond donors (Lipinski definition) is 3. The molecule has 8 heteroatoms. The van der Waals surface area contributed by atoms with E-state index in [0.717, 1.165) is 16.5 Å². The van der Waals surface area contributed by atoms with Gasteiger partial charge in [0, 0.05) is 20.7 Å². The zero-order valence-corrected chi connectivity index (χ0v) is 16.9. The third-order valence-electron chi connectivity index (χ3n) is 4.06. The fourth-order valence-electron chi connectivity index (χ4n) is 2.72. The highest BCUT2D eigenvalue weighted by molar-refractivity contribution is 14.1. The van der Waals surface area contributed by atoms with Crippen molar-refractivity contribution in [3.63, 3.8) is 0 Å².